The highest BCUT2D eigenvalue weighted by Gasteiger charge is 2.35. The van der Waals surface area contributed by atoms with Gasteiger partial charge in [-0.25, -0.2) is 18.2 Å². The number of pyridine rings is 1. The molecule has 4 heterocycles. The van der Waals surface area contributed by atoms with Crippen LogP contribution in [-0.2, 0) is 13.5 Å². The first kappa shape index (κ1) is 20.3. The Labute approximate surface area is 181 Å². The van der Waals surface area contributed by atoms with Crippen molar-refractivity contribution >= 4 is 11.6 Å². The number of imidazole rings is 1. The van der Waals surface area contributed by atoms with Crippen molar-refractivity contribution in [3.63, 3.8) is 0 Å². The lowest BCUT2D eigenvalue weighted by Crippen LogP contribution is -2.39. The molecule has 1 aromatic carbocycles. The van der Waals surface area contributed by atoms with Gasteiger partial charge in [-0.3, -0.25) is 13.9 Å². The summed E-state index contributed by atoms with van der Waals surface area (Å²) in [5.41, 5.74) is 4.00. The molecule has 9 heteroatoms. The molecule has 32 heavy (non-hydrogen) atoms. The van der Waals surface area contributed by atoms with Crippen molar-refractivity contribution in [1.82, 2.24) is 24.1 Å². The van der Waals surface area contributed by atoms with E-state index in [2.05, 4.69) is 10.1 Å². The highest BCUT2D eigenvalue weighted by atomic mass is 19.2. The van der Waals surface area contributed by atoms with Crippen molar-refractivity contribution in [3.8, 4) is 11.3 Å². The third-order valence-corrected chi connectivity index (χ3v) is 6.07. The van der Waals surface area contributed by atoms with Crippen LogP contribution in [0.4, 0.5) is 13.2 Å². The fourth-order valence-electron chi connectivity index (χ4n) is 4.58. The number of aryl methyl sites for hydroxylation is 2. The van der Waals surface area contributed by atoms with Gasteiger partial charge in [-0.05, 0) is 44.5 Å². The van der Waals surface area contributed by atoms with E-state index in [0.717, 1.165) is 17.7 Å². The summed E-state index contributed by atoms with van der Waals surface area (Å²) >= 11 is 0. The van der Waals surface area contributed by atoms with E-state index in [0.29, 0.717) is 41.4 Å². The lowest BCUT2D eigenvalue weighted by atomic mass is 9.95. The Hall–Kier alpha value is -3.62. The zero-order valence-corrected chi connectivity index (χ0v) is 17.7. The van der Waals surface area contributed by atoms with Crippen LogP contribution in [0.25, 0.3) is 16.9 Å². The maximum atomic E-state index is 13.9. The molecule has 164 valence electrons. The molecule has 1 amide bonds. The Morgan fingerprint density at radius 3 is 2.59 bits per heavy atom. The van der Waals surface area contributed by atoms with Crippen molar-refractivity contribution in [1.29, 1.82) is 0 Å². The fourth-order valence-corrected chi connectivity index (χ4v) is 4.58. The number of halogens is 3. The molecule has 0 fully saturated rings. The van der Waals surface area contributed by atoms with Gasteiger partial charge in [0.25, 0.3) is 5.91 Å². The lowest BCUT2D eigenvalue weighted by molar-refractivity contribution is 0.0665. The fraction of sp³-hybridized carbons (Fsp3) is 0.261. The van der Waals surface area contributed by atoms with Gasteiger partial charge in [0.2, 0.25) is 0 Å². The van der Waals surface area contributed by atoms with E-state index < -0.39 is 17.5 Å². The van der Waals surface area contributed by atoms with Crippen LogP contribution >= 0.6 is 0 Å². The standard InChI is InChI=1S/C23H20F3N5O/c1-12-21(31-8-5-4-6-18(31)27-12)23(32)30-9-7-15-20(13(30)2)28-29(3)22(15)14-10-16(24)19(26)17(25)11-14/h4-6,8,10-11,13H,7,9H2,1-3H3/t13-/m0/s1. The minimum absolute atomic E-state index is 0.162. The molecule has 5 rings (SSSR count). The molecule has 1 aliphatic heterocycles. The van der Waals surface area contributed by atoms with E-state index in [1.165, 1.54) is 4.68 Å². The summed E-state index contributed by atoms with van der Waals surface area (Å²) in [5.74, 6) is -4.17. The topological polar surface area (TPSA) is 55.4 Å². The highest BCUT2D eigenvalue weighted by Crippen LogP contribution is 2.37. The Morgan fingerprint density at radius 1 is 1.16 bits per heavy atom. The van der Waals surface area contributed by atoms with Gasteiger partial charge in [0.05, 0.1) is 23.1 Å². The lowest BCUT2D eigenvalue weighted by Gasteiger charge is -2.33. The normalized spacial score (nSPS) is 15.9. The van der Waals surface area contributed by atoms with E-state index >= 15 is 0 Å². The van der Waals surface area contributed by atoms with Crippen LogP contribution in [0.3, 0.4) is 0 Å². The van der Waals surface area contributed by atoms with E-state index in [4.69, 9.17) is 0 Å². The average molecular weight is 439 g/mol. The second kappa shape index (κ2) is 7.22. The number of hydrogen-bond acceptors (Lipinski definition) is 3. The molecule has 1 aliphatic rings. The smallest absolute Gasteiger partial charge is 0.273 e. The minimum atomic E-state index is -1.50. The number of benzene rings is 1. The number of hydrogen-bond donors (Lipinski definition) is 0. The van der Waals surface area contributed by atoms with E-state index in [1.807, 2.05) is 25.1 Å². The highest BCUT2D eigenvalue weighted by molar-refractivity contribution is 5.95. The van der Waals surface area contributed by atoms with Crippen LogP contribution < -0.4 is 0 Å². The summed E-state index contributed by atoms with van der Waals surface area (Å²) in [6.07, 6.45) is 2.25. The molecule has 0 N–H and O–H groups in total. The molecule has 0 spiro atoms. The van der Waals surface area contributed by atoms with Crippen molar-refractivity contribution in [2.24, 2.45) is 7.05 Å². The van der Waals surface area contributed by atoms with Gasteiger partial charge in [-0.2, -0.15) is 5.10 Å². The number of amides is 1. The number of carbonyl (C=O) groups excluding carboxylic acids is 1. The van der Waals surface area contributed by atoms with E-state index in [-0.39, 0.29) is 17.5 Å². The molecule has 0 bridgehead atoms. The quantitative estimate of drug-likeness (QED) is 0.440. The average Bonchev–Trinajstić information content (AvgIpc) is 3.27. The third-order valence-electron chi connectivity index (χ3n) is 6.07. The molecule has 6 nitrogen and oxygen atoms in total. The predicted molar refractivity (Wildman–Crippen MR) is 112 cm³/mol. The van der Waals surface area contributed by atoms with Crippen molar-refractivity contribution in [2.45, 2.75) is 26.3 Å². The van der Waals surface area contributed by atoms with Gasteiger partial charge >= 0.3 is 0 Å². The molecule has 4 aromatic rings. The second-order valence-corrected chi connectivity index (χ2v) is 7.99. The first-order valence-electron chi connectivity index (χ1n) is 10.2. The molecule has 3 aromatic heterocycles. The number of rotatable bonds is 2. The summed E-state index contributed by atoms with van der Waals surface area (Å²) in [4.78, 5) is 19.7. The van der Waals surface area contributed by atoms with Crippen molar-refractivity contribution < 1.29 is 18.0 Å². The number of aromatic nitrogens is 4. The third kappa shape index (κ3) is 2.91. The number of nitrogens with zero attached hydrogens (tertiary/aromatic N) is 5. The first-order valence-corrected chi connectivity index (χ1v) is 10.2. The van der Waals surface area contributed by atoms with Gasteiger partial charge in [-0.1, -0.05) is 6.07 Å². The monoisotopic (exact) mass is 439 g/mol. The predicted octanol–water partition coefficient (Wildman–Crippen LogP) is 4.22. The molecule has 0 unspecified atom stereocenters. The van der Waals surface area contributed by atoms with E-state index in [9.17, 15) is 18.0 Å². The molecule has 1 atom stereocenters. The summed E-state index contributed by atoms with van der Waals surface area (Å²) in [5, 5.41) is 4.55. The summed E-state index contributed by atoms with van der Waals surface area (Å²) in [6.45, 7) is 4.07. The maximum absolute atomic E-state index is 13.9. The molecular weight excluding hydrogens is 419 g/mol. The van der Waals surface area contributed by atoms with Gasteiger partial charge < -0.3 is 4.90 Å². The van der Waals surface area contributed by atoms with Crippen molar-refractivity contribution in [3.05, 3.63) is 76.6 Å². The minimum Gasteiger partial charge on any atom is -0.329 e. The summed E-state index contributed by atoms with van der Waals surface area (Å²) in [6, 6.07) is 7.12. The Bertz CT molecular complexity index is 1370. The molecular formula is C23H20F3N5O. The largest absolute Gasteiger partial charge is 0.329 e. The molecule has 0 saturated carbocycles. The molecule has 0 saturated heterocycles. The SMILES string of the molecule is Cc1nc2ccccn2c1C(=O)N1CCc2c(nn(C)c2-c2cc(F)c(F)c(F)c2)[C@@H]1C. The summed E-state index contributed by atoms with van der Waals surface area (Å²) in [7, 11) is 1.67. The van der Waals surface area contributed by atoms with Crippen LogP contribution in [0.2, 0.25) is 0 Å². The Balaban J connectivity index is 1.55. The van der Waals surface area contributed by atoms with Crippen LogP contribution in [0.15, 0.2) is 36.5 Å². The Morgan fingerprint density at radius 2 is 1.88 bits per heavy atom. The maximum Gasteiger partial charge on any atom is 0.273 e. The molecule has 0 aliphatic carbocycles. The van der Waals surface area contributed by atoms with Gasteiger partial charge in [-0.15, -0.1) is 0 Å². The zero-order valence-electron chi connectivity index (χ0n) is 17.7. The van der Waals surface area contributed by atoms with Crippen LogP contribution in [0.5, 0.6) is 0 Å². The first-order chi connectivity index (χ1) is 15.3. The van der Waals surface area contributed by atoms with Crippen LogP contribution in [0.1, 0.15) is 40.4 Å². The Kier molecular flexibility index (Phi) is 4.58. The number of fused-ring (bicyclic) bond motifs is 2. The number of carbonyl (C=O) groups is 1. The van der Waals surface area contributed by atoms with Crippen LogP contribution in [0, 0.1) is 24.4 Å². The van der Waals surface area contributed by atoms with Gasteiger partial charge in [0.1, 0.15) is 11.3 Å². The van der Waals surface area contributed by atoms with Crippen molar-refractivity contribution in [2.75, 3.05) is 6.54 Å². The van der Waals surface area contributed by atoms with Gasteiger partial charge in [0, 0.05) is 30.9 Å². The zero-order chi connectivity index (χ0) is 22.7. The van der Waals surface area contributed by atoms with Crippen LogP contribution in [-0.4, -0.2) is 36.5 Å². The van der Waals surface area contributed by atoms with Gasteiger partial charge in [0.15, 0.2) is 17.5 Å². The second-order valence-electron chi connectivity index (χ2n) is 7.99. The molecule has 0 radical (unpaired) electrons. The van der Waals surface area contributed by atoms with E-state index in [1.54, 1.807) is 29.5 Å². The summed E-state index contributed by atoms with van der Waals surface area (Å²) < 4.78 is 44.5.